The molecule has 2 rings (SSSR count). The molecule has 0 atom stereocenters. The SMILES string of the molecule is CC(=O)CN1C(=O)CN(C2CC2)CC1=O. The van der Waals surface area contributed by atoms with Crippen LogP contribution in [-0.4, -0.2) is 53.1 Å². The molecule has 2 aliphatic rings. The Morgan fingerprint density at radius 2 is 1.80 bits per heavy atom. The van der Waals surface area contributed by atoms with Crippen LogP contribution in [-0.2, 0) is 14.4 Å². The van der Waals surface area contributed by atoms with Crippen molar-refractivity contribution in [2.75, 3.05) is 19.6 Å². The minimum Gasteiger partial charge on any atom is -0.298 e. The van der Waals surface area contributed by atoms with Crippen LogP contribution in [0.3, 0.4) is 0 Å². The molecule has 1 heterocycles. The van der Waals surface area contributed by atoms with E-state index in [1.54, 1.807) is 0 Å². The van der Waals surface area contributed by atoms with E-state index < -0.39 is 0 Å². The largest absolute Gasteiger partial charge is 0.298 e. The summed E-state index contributed by atoms with van der Waals surface area (Å²) in [7, 11) is 0. The molecule has 5 heteroatoms. The zero-order chi connectivity index (χ0) is 11.0. The minimum atomic E-state index is -0.242. The first-order valence-electron chi connectivity index (χ1n) is 5.14. The standard InChI is InChI=1S/C10H14N2O3/c1-7(13)4-12-9(14)5-11(6-10(12)15)8-2-3-8/h8H,2-6H2,1H3. The second kappa shape index (κ2) is 3.73. The number of Topliss-reactive ketones (excluding diaryl/α,β-unsaturated/α-hetero) is 1. The van der Waals surface area contributed by atoms with E-state index in [9.17, 15) is 14.4 Å². The lowest BCUT2D eigenvalue weighted by Gasteiger charge is -2.32. The summed E-state index contributed by atoms with van der Waals surface area (Å²) in [5.41, 5.74) is 0. The number of ketones is 1. The zero-order valence-corrected chi connectivity index (χ0v) is 8.73. The highest BCUT2D eigenvalue weighted by Crippen LogP contribution is 2.27. The first kappa shape index (κ1) is 10.3. The maximum absolute atomic E-state index is 11.6. The third-order valence-electron chi connectivity index (χ3n) is 2.72. The van der Waals surface area contributed by atoms with Gasteiger partial charge in [0.2, 0.25) is 11.8 Å². The fourth-order valence-electron chi connectivity index (χ4n) is 1.81. The Balaban J connectivity index is 2.00. The third kappa shape index (κ3) is 2.23. The number of amides is 2. The highest BCUT2D eigenvalue weighted by molar-refractivity contribution is 6.02. The number of rotatable bonds is 3. The fraction of sp³-hybridized carbons (Fsp3) is 0.700. The summed E-state index contributed by atoms with van der Waals surface area (Å²) in [6.07, 6.45) is 2.15. The van der Waals surface area contributed by atoms with Crippen molar-refractivity contribution in [2.24, 2.45) is 0 Å². The predicted octanol–water partition coefficient (Wildman–Crippen LogP) is -0.591. The number of hydrogen-bond acceptors (Lipinski definition) is 4. The van der Waals surface area contributed by atoms with Gasteiger partial charge in [0.1, 0.15) is 5.78 Å². The topological polar surface area (TPSA) is 57.7 Å². The number of imide groups is 1. The second-order valence-electron chi connectivity index (χ2n) is 4.21. The van der Waals surface area contributed by atoms with Crippen molar-refractivity contribution >= 4 is 17.6 Å². The summed E-state index contributed by atoms with van der Waals surface area (Å²) < 4.78 is 0. The maximum atomic E-state index is 11.6. The van der Waals surface area contributed by atoms with E-state index in [0.29, 0.717) is 6.04 Å². The van der Waals surface area contributed by atoms with Gasteiger partial charge in [-0.05, 0) is 19.8 Å². The van der Waals surface area contributed by atoms with Crippen LogP contribution in [0.2, 0.25) is 0 Å². The molecule has 1 saturated carbocycles. The summed E-state index contributed by atoms with van der Waals surface area (Å²) in [6.45, 7) is 1.87. The lowest BCUT2D eigenvalue weighted by molar-refractivity contribution is -0.153. The summed E-state index contributed by atoms with van der Waals surface area (Å²) in [4.78, 5) is 37.0. The van der Waals surface area contributed by atoms with Crippen LogP contribution in [0.1, 0.15) is 19.8 Å². The van der Waals surface area contributed by atoms with Crippen molar-refractivity contribution in [2.45, 2.75) is 25.8 Å². The summed E-state index contributed by atoms with van der Waals surface area (Å²) in [5.74, 6) is -0.640. The van der Waals surface area contributed by atoms with E-state index in [2.05, 4.69) is 0 Å². The normalized spacial score (nSPS) is 23.4. The molecule has 5 nitrogen and oxygen atoms in total. The molecule has 0 N–H and O–H groups in total. The molecule has 0 radical (unpaired) electrons. The summed E-state index contributed by atoms with van der Waals surface area (Å²) >= 11 is 0. The Bertz CT molecular complexity index is 305. The maximum Gasteiger partial charge on any atom is 0.243 e. The molecule has 1 aliphatic carbocycles. The number of piperazine rings is 1. The molecule has 0 bridgehead atoms. The highest BCUT2D eigenvalue weighted by Gasteiger charge is 2.38. The van der Waals surface area contributed by atoms with Gasteiger partial charge in [-0.2, -0.15) is 0 Å². The van der Waals surface area contributed by atoms with Crippen LogP contribution >= 0.6 is 0 Å². The summed E-state index contributed by atoms with van der Waals surface area (Å²) in [5, 5.41) is 0. The van der Waals surface area contributed by atoms with Gasteiger partial charge in [-0.3, -0.25) is 24.2 Å². The molecule has 82 valence electrons. The number of nitrogens with zero attached hydrogens (tertiary/aromatic N) is 2. The van der Waals surface area contributed by atoms with E-state index in [1.807, 2.05) is 4.90 Å². The van der Waals surface area contributed by atoms with Gasteiger partial charge in [0.05, 0.1) is 19.6 Å². The first-order valence-corrected chi connectivity index (χ1v) is 5.14. The van der Waals surface area contributed by atoms with Crippen molar-refractivity contribution in [1.82, 2.24) is 9.80 Å². The Labute approximate surface area is 88.0 Å². The van der Waals surface area contributed by atoms with Gasteiger partial charge in [0, 0.05) is 6.04 Å². The van der Waals surface area contributed by atoms with Crippen molar-refractivity contribution in [3.63, 3.8) is 0 Å². The van der Waals surface area contributed by atoms with Crippen LogP contribution in [0.5, 0.6) is 0 Å². The van der Waals surface area contributed by atoms with E-state index in [-0.39, 0.29) is 37.2 Å². The smallest absolute Gasteiger partial charge is 0.243 e. The van der Waals surface area contributed by atoms with Gasteiger partial charge >= 0.3 is 0 Å². The van der Waals surface area contributed by atoms with Crippen LogP contribution in [0.25, 0.3) is 0 Å². The minimum absolute atomic E-state index is 0.0732. The second-order valence-corrected chi connectivity index (χ2v) is 4.21. The van der Waals surface area contributed by atoms with Crippen LogP contribution in [0.15, 0.2) is 0 Å². The van der Waals surface area contributed by atoms with Crippen molar-refractivity contribution < 1.29 is 14.4 Å². The van der Waals surface area contributed by atoms with Crippen LogP contribution in [0, 0.1) is 0 Å². The van der Waals surface area contributed by atoms with Gasteiger partial charge < -0.3 is 0 Å². The molecular formula is C10H14N2O3. The average molecular weight is 210 g/mol. The summed E-state index contributed by atoms with van der Waals surface area (Å²) in [6, 6.07) is 0.414. The molecule has 0 spiro atoms. The van der Waals surface area contributed by atoms with Crippen molar-refractivity contribution in [1.29, 1.82) is 0 Å². The lowest BCUT2D eigenvalue weighted by atomic mass is 10.2. The Morgan fingerprint density at radius 1 is 1.27 bits per heavy atom. The highest BCUT2D eigenvalue weighted by atomic mass is 16.2. The molecule has 15 heavy (non-hydrogen) atoms. The average Bonchev–Trinajstić information content (AvgIpc) is 2.93. The van der Waals surface area contributed by atoms with Gasteiger partial charge in [0.25, 0.3) is 0 Å². The van der Waals surface area contributed by atoms with Crippen LogP contribution < -0.4 is 0 Å². The first-order chi connectivity index (χ1) is 7.08. The monoisotopic (exact) mass is 210 g/mol. The van der Waals surface area contributed by atoms with Crippen molar-refractivity contribution in [3.05, 3.63) is 0 Å². The zero-order valence-electron chi connectivity index (χ0n) is 8.73. The van der Waals surface area contributed by atoms with Crippen LogP contribution in [0.4, 0.5) is 0 Å². The van der Waals surface area contributed by atoms with Gasteiger partial charge in [-0.15, -0.1) is 0 Å². The Kier molecular flexibility index (Phi) is 2.56. The van der Waals surface area contributed by atoms with E-state index in [1.165, 1.54) is 6.92 Å². The quantitative estimate of drug-likeness (QED) is 0.584. The fourth-order valence-corrected chi connectivity index (χ4v) is 1.81. The Hall–Kier alpha value is -1.23. The molecule has 0 unspecified atom stereocenters. The van der Waals surface area contributed by atoms with E-state index >= 15 is 0 Å². The molecule has 0 aromatic carbocycles. The van der Waals surface area contributed by atoms with Gasteiger partial charge in [-0.1, -0.05) is 0 Å². The molecule has 2 fully saturated rings. The van der Waals surface area contributed by atoms with E-state index in [0.717, 1.165) is 17.7 Å². The van der Waals surface area contributed by atoms with Gasteiger partial charge in [-0.25, -0.2) is 0 Å². The van der Waals surface area contributed by atoms with Crippen molar-refractivity contribution in [3.8, 4) is 0 Å². The number of hydrogen-bond donors (Lipinski definition) is 0. The lowest BCUT2D eigenvalue weighted by Crippen LogP contribution is -2.55. The molecular weight excluding hydrogens is 196 g/mol. The molecule has 2 amide bonds. The number of carbonyl (C=O) groups excluding carboxylic acids is 3. The molecule has 1 aliphatic heterocycles. The Morgan fingerprint density at radius 3 is 2.20 bits per heavy atom. The molecule has 0 aromatic rings. The predicted molar refractivity (Wildman–Crippen MR) is 52.0 cm³/mol. The third-order valence-corrected chi connectivity index (χ3v) is 2.72. The van der Waals surface area contributed by atoms with Gasteiger partial charge in [0.15, 0.2) is 0 Å². The molecule has 0 aromatic heterocycles. The number of carbonyl (C=O) groups is 3. The van der Waals surface area contributed by atoms with E-state index in [4.69, 9.17) is 0 Å². The molecule has 1 saturated heterocycles.